The molecule has 136 valence electrons. The second-order valence-electron chi connectivity index (χ2n) is 8.89. The van der Waals surface area contributed by atoms with Gasteiger partial charge < -0.3 is 14.5 Å². The number of ether oxygens (including phenoxy) is 1. The molecule has 2 bridgehead atoms. The second kappa shape index (κ2) is 5.90. The van der Waals surface area contributed by atoms with Gasteiger partial charge in [-0.15, -0.1) is 0 Å². The standard InChI is InChI=1S/C22H32N2O/c1-23-12-9-22-8-4-3-7-17(22)19(23)13-16-14-20(24-10-5-6-11-24)21(25-2)15-18(16)22/h14-15,17,19H,3-13H2,1-2H3/t17-,19-,22+/m0/s1. The van der Waals surface area contributed by atoms with E-state index in [1.807, 2.05) is 7.11 Å². The van der Waals surface area contributed by atoms with Crippen molar-refractivity contribution in [2.75, 3.05) is 38.7 Å². The first-order valence-corrected chi connectivity index (χ1v) is 10.4. The van der Waals surface area contributed by atoms with Crippen molar-refractivity contribution >= 4 is 5.69 Å². The number of likely N-dealkylation sites (tertiary alicyclic amines) is 1. The van der Waals surface area contributed by atoms with Gasteiger partial charge in [-0.1, -0.05) is 12.8 Å². The van der Waals surface area contributed by atoms with Gasteiger partial charge in [-0.25, -0.2) is 0 Å². The Labute approximate surface area is 152 Å². The zero-order valence-electron chi connectivity index (χ0n) is 15.9. The first kappa shape index (κ1) is 16.0. The monoisotopic (exact) mass is 340 g/mol. The van der Waals surface area contributed by atoms with Crippen LogP contribution < -0.4 is 9.64 Å². The zero-order chi connectivity index (χ0) is 17.0. The third kappa shape index (κ3) is 2.27. The van der Waals surface area contributed by atoms with Crippen LogP contribution in [0.25, 0.3) is 0 Å². The topological polar surface area (TPSA) is 15.7 Å². The second-order valence-corrected chi connectivity index (χ2v) is 8.89. The average Bonchev–Trinajstić information content (AvgIpc) is 3.18. The van der Waals surface area contributed by atoms with Gasteiger partial charge in [0.25, 0.3) is 0 Å². The molecule has 4 aliphatic rings. The highest BCUT2D eigenvalue weighted by molar-refractivity contribution is 5.64. The number of anilines is 1. The van der Waals surface area contributed by atoms with E-state index in [1.165, 1.54) is 76.7 Å². The first-order valence-electron chi connectivity index (χ1n) is 10.4. The van der Waals surface area contributed by atoms with Crippen molar-refractivity contribution < 1.29 is 4.74 Å². The number of hydrogen-bond acceptors (Lipinski definition) is 3. The lowest BCUT2D eigenvalue weighted by Gasteiger charge is -2.58. The van der Waals surface area contributed by atoms with Crippen LogP contribution in [0.1, 0.15) is 56.1 Å². The summed E-state index contributed by atoms with van der Waals surface area (Å²) in [5.74, 6) is 1.98. The highest BCUT2D eigenvalue weighted by Crippen LogP contribution is 2.56. The molecule has 2 heterocycles. The first-order chi connectivity index (χ1) is 12.2. The minimum absolute atomic E-state index is 0.430. The van der Waals surface area contributed by atoms with E-state index < -0.39 is 0 Å². The smallest absolute Gasteiger partial charge is 0.142 e. The minimum atomic E-state index is 0.430. The van der Waals surface area contributed by atoms with Crippen molar-refractivity contribution in [3.63, 3.8) is 0 Å². The Bertz CT molecular complexity index is 666. The SMILES string of the molecule is COc1cc2c(cc1N1CCCC1)C[C@H]1[C@@H]3CCCC[C@]23CCN1C. The number of piperidine rings is 1. The van der Waals surface area contributed by atoms with E-state index in [2.05, 4.69) is 29.0 Å². The van der Waals surface area contributed by atoms with Crippen LogP contribution in [-0.4, -0.2) is 44.7 Å². The molecule has 3 heteroatoms. The number of fused-ring (bicyclic) bond motifs is 1. The highest BCUT2D eigenvalue weighted by Gasteiger charge is 2.53. The number of hydrogen-bond donors (Lipinski definition) is 0. The lowest BCUT2D eigenvalue weighted by atomic mass is 9.52. The zero-order valence-corrected chi connectivity index (χ0v) is 15.9. The summed E-state index contributed by atoms with van der Waals surface area (Å²) in [4.78, 5) is 5.21. The van der Waals surface area contributed by atoms with Crippen LogP contribution >= 0.6 is 0 Å². The summed E-state index contributed by atoms with van der Waals surface area (Å²) in [5, 5.41) is 0. The van der Waals surface area contributed by atoms with Gasteiger partial charge in [0.15, 0.2) is 0 Å². The largest absolute Gasteiger partial charge is 0.495 e. The Hall–Kier alpha value is -1.22. The summed E-state index contributed by atoms with van der Waals surface area (Å²) in [6.45, 7) is 3.63. The maximum atomic E-state index is 5.91. The maximum absolute atomic E-state index is 5.91. The van der Waals surface area contributed by atoms with E-state index in [0.29, 0.717) is 5.41 Å². The van der Waals surface area contributed by atoms with Crippen molar-refractivity contribution in [3.05, 3.63) is 23.3 Å². The van der Waals surface area contributed by atoms with Crippen molar-refractivity contribution in [2.24, 2.45) is 5.92 Å². The molecule has 1 aromatic carbocycles. The lowest BCUT2D eigenvalue weighted by molar-refractivity contribution is 0.00276. The van der Waals surface area contributed by atoms with E-state index in [-0.39, 0.29) is 0 Å². The van der Waals surface area contributed by atoms with Crippen molar-refractivity contribution in [2.45, 2.75) is 62.8 Å². The molecular formula is C22H32N2O. The summed E-state index contributed by atoms with van der Waals surface area (Å²) in [6.07, 6.45) is 10.9. The van der Waals surface area contributed by atoms with Crippen molar-refractivity contribution in [3.8, 4) is 5.75 Å². The molecule has 0 spiro atoms. The van der Waals surface area contributed by atoms with Gasteiger partial charge in [-0.3, -0.25) is 0 Å². The summed E-state index contributed by atoms with van der Waals surface area (Å²) in [5.41, 5.74) is 5.06. The van der Waals surface area contributed by atoms with E-state index in [0.717, 1.165) is 17.7 Å². The molecule has 3 nitrogen and oxygen atoms in total. The third-order valence-corrected chi connectivity index (χ3v) is 7.86. The number of methoxy groups -OCH3 is 1. The molecule has 3 atom stereocenters. The molecule has 2 aliphatic carbocycles. The van der Waals surface area contributed by atoms with E-state index in [1.54, 1.807) is 11.1 Å². The Kier molecular flexibility index (Phi) is 3.78. The molecular weight excluding hydrogens is 308 g/mol. The highest BCUT2D eigenvalue weighted by atomic mass is 16.5. The molecule has 3 fully saturated rings. The predicted molar refractivity (Wildman–Crippen MR) is 103 cm³/mol. The Morgan fingerprint density at radius 1 is 1.04 bits per heavy atom. The van der Waals surface area contributed by atoms with Gasteiger partial charge in [0.1, 0.15) is 5.75 Å². The number of rotatable bonds is 2. The fraction of sp³-hybridized carbons (Fsp3) is 0.727. The number of nitrogens with zero attached hydrogens (tertiary/aromatic N) is 2. The molecule has 2 aliphatic heterocycles. The van der Waals surface area contributed by atoms with E-state index in [4.69, 9.17) is 4.74 Å². The van der Waals surface area contributed by atoms with Crippen molar-refractivity contribution in [1.82, 2.24) is 4.90 Å². The average molecular weight is 341 g/mol. The van der Waals surface area contributed by atoms with Gasteiger partial charge >= 0.3 is 0 Å². The molecule has 0 unspecified atom stereocenters. The Morgan fingerprint density at radius 3 is 2.68 bits per heavy atom. The number of likely N-dealkylation sites (N-methyl/N-ethyl adjacent to an activating group) is 1. The summed E-state index contributed by atoms with van der Waals surface area (Å²) in [7, 11) is 4.22. The maximum Gasteiger partial charge on any atom is 0.142 e. The van der Waals surface area contributed by atoms with Gasteiger partial charge in [0.2, 0.25) is 0 Å². The van der Waals surface area contributed by atoms with Crippen LogP contribution in [0.2, 0.25) is 0 Å². The molecule has 0 aromatic heterocycles. The fourth-order valence-corrected chi connectivity index (χ4v) is 6.59. The van der Waals surface area contributed by atoms with Crippen LogP contribution in [0.15, 0.2) is 12.1 Å². The van der Waals surface area contributed by atoms with E-state index >= 15 is 0 Å². The molecule has 1 aromatic rings. The molecule has 1 saturated carbocycles. The van der Waals surface area contributed by atoms with Crippen molar-refractivity contribution in [1.29, 1.82) is 0 Å². The number of benzene rings is 1. The minimum Gasteiger partial charge on any atom is -0.495 e. The van der Waals surface area contributed by atoms with Crippen LogP contribution in [0.5, 0.6) is 5.75 Å². The predicted octanol–water partition coefficient (Wildman–Crippen LogP) is 3.98. The van der Waals surface area contributed by atoms with E-state index in [9.17, 15) is 0 Å². The van der Waals surface area contributed by atoms with Crippen LogP contribution in [0.3, 0.4) is 0 Å². The molecule has 0 amide bonds. The summed E-state index contributed by atoms with van der Waals surface area (Å²) < 4.78 is 5.91. The van der Waals surface area contributed by atoms with Crippen LogP contribution in [0, 0.1) is 5.92 Å². The molecule has 25 heavy (non-hydrogen) atoms. The van der Waals surface area contributed by atoms with Crippen LogP contribution in [0.4, 0.5) is 5.69 Å². The molecule has 0 N–H and O–H groups in total. The van der Waals surface area contributed by atoms with Gasteiger partial charge in [0.05, 0.1) is 12.8 Å². The fourth-order valence-electron chi connectivity index (χ4n) is 6.59. The molecule has 0 radical (unpaired) electrons. The Balaban J connectivity index is 1.65. The Morgan fingerprint density at radius 2 is 1.88 bits per heavy atom. The summed E-state index contributed by atoms with van der Waals surface area (Å²) in [6, 6.07) is 5.72. The quantitative estimate of drug-likeness (QED) is 0.810. The van der Waals surface area contributed by atoms with Gasteiger partial charge in [-0.2, -0.15) is 0 Å². The summed E-state index contributed by atoms with van der Waals surface area (Å²) >= 11 is 0. The third-order valence-electron chi connectivity index (χ3n) is 7.86. The molecule has 5 rings (SSSR count). The normalized spacial score (nSPS) is 34.6. The van der Waals surface area contributed by atoms with Gasteiger partial charge in [-0.05, 0) is 81.3 Å². The van der Waals surface area contributed by atoms with Crippen LogP contribution in [-0.2, 0) is 11.8 Å². The lowest BCUT2D eigenvalue weighted by Crippen LogP contribution is -2.59. The molecule has 2 saturated heterocycles. The van der Waals surface area contributed by atoms with Gasteiger partial charge in [0, 0.05) is 24.5 Å².